The van der Waals surface area contributed by atoms with Gasteiger partial charge < -0.3 is 4.74 Å². The van der Waals surface area contributed by atoms with Crippen LogP contribution in [0.3, 0.4) is 0 Å². The van der Waals surface area contributed by atoms with Crippen LogP contribution in [0.15, 0.2) is 0 Å². The third kappa shape index (κ3) is 6.36. The lowest BCUT2D eigenvalue weighted by Gasteiger charge is -2.46. The molecule has 0 rings (SSSR count). The maximum atomic E-state index is 12.9. The molecule has 0 radical (unpaired) electrons. The fourth-order valence-corrected chi connectivity index (χ4v) is 3.38. The Labute approximate surface area is 148 Å². The van der Waals surface area contributed by atoms with Crippen molar-refractivity contribution in [3.63, 3.8) is 0 Å². The largest absolute Gasteiger partial charge is 0.465 e. The second-order valence-corrected chi connectivity index (χ2v) is 9.61. The molecule has 0 saturated carbocycles. The highest BCUT2D eigenvalue weighted by molar-refractivity contribution is 7.85. The molecule has 0 aliphatic rings. The fourth-order valence-electron chi connectivity index (χ4n) is 2.90. The van der Waals surface area contributed by atoms with Crippen molar-refractivity contribution in [2.45, 2.75) is 80.6 Å². The Kier molecular flexibility index (Phi) is 8.43. The zero-order valence-corrected chi connectivity index (χ0v) is 17.3. The number of rotatable bonds is 11. The van der Waals surface area contributed by atoms with E-state index in [2.05, 4.69) is 41.5 Å². The number of carbonyl (C=O) groups is 1. The van der Waals surface area contributed by atoms with E-state index in [1.807, 2.05) is 6.92 Å². The molecule has 24 heavy (non-hydrogen) atoms. The van der Waals surface area contributed by atoms with Gasteiger partial charge in [-0.05, 0) is 37.0 Å². The maximum absolute atomic E-state index is 12.9. The van der Waals surface area contributed by atoms with Crippen molar-refractivity contribution in [2.24, 2.45) is 16.2 Å². The summed E-state index contributed by atoms with van der Waals surface area (Å²) in [5.74, 6) is -0.673. The molecule has 144 valence electrons. The summed E-state index contributed by atoms with van der Waals surface area (Å²) < 4.78 is 35.7. The maximum Gasteiger partial charge on any atom is 0.312 e. The highest BCUT2D eigenvalue weighted by Crippen LogP contribution is 2.51. The van der Waals surface area contributed by atoms with Crippen LogP contribution < -0.4 is 0 Å². The summed E-state index contributed by atoms with van der Waals surface area (Å²) in [6.07, 6.45) is 3.63. The third-order valence-electron chi connectivity index (χ3n) is 6.10. The average molecular weight is 365 g/mol. The molecule has 0 aliphatic heterocycles. The Morgan fingerprint density at radius 2 is 1.50 bits per heavy atom. The summed E-state index contributed by atoms with van der Waals surface area (Å²) in [5.41, 5.74) is -0.839. The predicted molar refractivity (Wildman–Crippen MR) is 97.5 cm³/mol. The van der Waals surface area contributed by atoms with E-state index in [-0.39, 0.29) is 29.8 Å². The van der Waals surface area contributed by atoms with E-state index in [4.69, 9.17) is 9.29 Å². The topological polar surface area (TPSA) is 80.7 Å². The molecular weight excluding hydrogens is 328 g/mol. The fraction of sp³-hybridized carbons (Fsp3) is 0.944. The van der Waals surface area contributed by atoms with Gasteiger partial charge in [0.05, 0.1) is 17.8 Å². The lowest BCUT2D eigenvalue weighted by molar-refractivity contribution is -0.166. The van der Waals surface area contributed by atoms with Crippen molar-refractivity contribution < 1.29 is 22.5 Å². The molecular formula is C18H36O5S. The lowest BCUT2D eigenvalue weighted by atomic mass is 9.58. The minimum atomic E-state index is -4.02. The first-order chi connectivity index (χ1) is 10.8. The van der Waals surface area contributed by atoms with Gasteiger partial charge in [0.15, 0.2) is 0 Å². The number of carbonyl (C=O) groups excluding carboxylic acids is 1. The molecule has 0 aromatic rings. The number of esters is 1. The zero-order valence-electron chi connectivity index (χ0n) is 16.4. The Balaban J connectivity index is 5.24. The van der Waals surface area contributed by atoms with Crippen LogP contribution in [0.25, 0.3) is 0 Å². The van der Waals surface area contributed by atoms with Crippen molar-refractivity contribution in [3.8, 4) is 0 Å². The van der Waals surface area contributed by atoms with E-state index in [0.29, 0.717) is 0 Å². The summed E-state index contributed by atoms with van der Waals surface area (Å²) in [6, 6.07) is 0. The molecule has 0 saturated heterocycles. The van der Waals surface area contributed by atoms with Crippen LogP contribution in [0.1, 0.15) is 80.6 Å². The Morgan fingerprint density at radius 3 is 1.88 bits per heavy atom. The van der Waals surface area contributed by atoms with E-state index in [1.165, 1.54) is 0 Å². The SMILES string of the molecule is CCC(C)(CC)CC(C)(C(=O)OCCCS(=O)(=O)O)C(C)(C)CC. The van der Waals surface area contributed by atoms with E-state index in [9.17, 15) is 13.2 Å². The van der Waals surface area contributed by atoms with E-state index >= 15 is 0 Å². The smallest absolute Gasteiger partial charge is 0.312 e. The van der Waals surface area contributed by atoms with Crippen molar-refractivity contribution in [2.75, 3.05) is 12.4 Å². The van der Waals surface area contributed by atoms with Crippen LogP contribution in [-0.2, 0) is 19.6 Å². The summed E-state index contributed by atoms with van der Waals surface area (Å²) >= 11 is 0. The van der Waals surface area contributed by atoms with Gasteiger partial charge in [-0.1, -0.05) is 54.4 Å². The van der Waals surface area contributed by atoms with Gasteiger partial charge in [0.2, 0.25) is 0 Å². The van der Waals surface area contributed by atoms with Gasteiger partial charge in [0.1, 0.15) is 0 Å². The second kappa shape index (κ2) is 8.65. The first kappa shape index (κ1) is 23.4. The van der Waals surface area contributed by atoms with Crippen molar-refractivity contribution in [1.82, 2.24) is 0 Å². The van der Waals surface area contributed by atoms with Gasteiger partial charge in [-0.3, -0.25) is 9.35 Å². The van der Waals surface area contributed by atoms with E-state index in [0.717, 1.165) is 25.7 Å². The van der Waals surface area contributed by atoms with Crippen LogP contribution >= 0.6 is 0 Å². The number of hydrogen-bond donors (Lipinski definition) is 1. The molecule has 1 atom stereocenters. The lowest BCUT2D eigenvalue weighted by Crippen LogP contribution is -2.46. The summed E-state index contributed by atoms with van der Waals surface area (Å²) in [6.45, 7) is 14.7. The van der Waals surface area contributed by atoms with Gasteiger partial charge in [-0.25, -0.2) is 0 Å². The quantitative estimate of drug-likeness (QED) is 0.332. The molecule has 6 heteroatoms. The van der Waals surface area contributed by atoms with Gasteiger partial charge in [-0.15, -0.1) is 0 Å². The van der Waals surface area contributed by atoms with Gasteiger partial charge in [0.25, 0.3) is 10.1 Å². The molecule has 0 aromatic heterocycles. The molecule has 1 unspecified atom stereocenters. The molecule has 5 nitrogen and oxygen atoms in total. The van der Waals surface area contributed by atoms with Gasteiger partial charge >= 0.3 is 5.97 Å². The molecule has 0 amide bonds. The summed E-state index contributed by atoms with van der Waals surface area (Å²) in [4.78, 5) is 12.9. The van der Waals surface area contributed by atoms with Crippen LogP contribution in [0.4, 0.5) is 0 Å². The van der Waals surface area contributed by atoms with Crippen molar-refractivity contribution >= 4 is 16.1 Å². The monoisotopic (exact) mass is 364 g/mol. The Bertz CT molecular complexity index is 506. The first-order valence-electron chi connectivity index (χ1n) is 8.89. The first-order valence-corrected chi connectivity index (χ1v) is 10.5. The standard InChI is InChI=1S/C18H36O5S/c1-8-16(4,5)18(7,14-17(6,9-2)10-3)15(19)23-12-11-13-24(20,21)22/h8-14H2,1-7H3,(H,20,21,22). The van der Waals surface area contributed by atoms with Crippen LogP contribution in [0.2, 0.25) is 0 Å². The number of ether oxygens (including phenoxy) is 1. The van der Waals surface area contributed by atoms with Crippen LogP contribution in [-0.4, -0.2) is 31.3 Å². The van der Waals surface area contributed by atoms with Crippen LogP contribution in [0, 0.1) is 16.2 Å². The Hall–Kier alpha value is -0.620. The van der Waals surface area contributed by atoms with Crippen molar-refractivity contribution in [1.29, 1.82) is 0 Å². The Morgan fingerprint density at radius 1 is 1.00 bits per heavy atom. The number of hydrogen-bond acceptors (Lipinski definition) is 4. The predicted octanol–water partition coefficient (Wildman–Crippen LogP) is 4.47. The summed E-state index contributed by atoms with van der Waals surface area (Å²) in [5, 5.41) is 0. The highest BCUT2D eigenvalue weighted by atomic mass is 32.2. The molecule has 0 spiro atoms. The van der Waals surface area contributed by atoms with Crippen molar-refractivity contribution in [3.05, 3.63) is 0 Å². The van der Waals surface area contributed by atoms with Crippen LogP contribution in [0.5, 0.6) is 0 Å². The molecule has 0 fully saturated rings. The molecule has 0 bridgehead atoms. The second-order valence-electron chi connectivity index (χ2n) is 8.04. The van der Waals surface area contributed by atoms with Gasteiger partial charge in [0, 0.05) is 0 Å². The molecule has 0 aromatic carbocycles. The zero-order chi connectivity index (χ0) is 19.2. The molecule has 1 N–H and O–H groups in total. The minimum absolute atomic E-state index is 0.00295. The van der Waals surface area contributed by atoms with Gasteiger partial charge in [-0.2, -0.15) is 8.42 Å². The molecule has 0 heterocycles. The average Bonchev–Trinajstić information content (AvgIpc) is 2.49. The third-order valence-corrected chi connectivity index (χ3v) is 6.90. The molecule has 0 aliphatic carbocycles. The summed E-state index contributed by atoms with van der Waals surface area (Å²) in [7, 11) is -4.02. The highest BCUT2D eigenvalue weighted by Gasteiger charge is 2.50. The van der Waals surface area contributed by atoms with E-state index in [1.54, 1.807) is 0 Å². The normalized spacial score (nSPS) is 15.8. The minimum Gasteiger partial charge on any atom is -0.465 e. The van der Waals surface area contributed by atoms with E-state index < -0.39 is 21.3 Å².